The van der Waals surface area contributed by atoms with E-state index in [0.29, 0.717) is 23.7 Å². The van der Waals surface area contributed by atoms with Crippen molar-refractivity contribution in [2.24, 2.45) is 0 Å². The number of hydrogen-bond donors (Lipinski definition) is 1. The average molecular weight is 404 g/mol. The zero-order valence-electron chi connectivity index (χ0n) is 15.0. The zero-order chi connectivity index (χ0) is 19.5. The highest BCUT2D eigenvalue weighted by atomic mass is 35.5. The Bertz CT molecular complexity index is 957. The first kappa shape index (κ1) is 18.6. The molecule has 146 valence electrons. The molecular weight excluding hydrogens is 385 g/mol. The smallest absolute Gasteiger partial charge is 0.212 e. The topological polar surface area (TPSA) is 88.1 Å². The van der Waals surface area contributed by atoms with Crippen molar-refractivity contribution in [1.29, 1.82) is 0 Å². The van der Waals surface area contributed by atoms with Crippen LogP contribution in [0.1, 0.15) is 31.3 Å². The van der Waals surface area contributed by atoms with Crippen molar-refractivity contribution in [3.8, 4) is 16.9 Å². The molecule has 1 unspecified atom stereocenters. The highest BCUT2D eigenvalue weighted by Crippen LogP contribution is 2.32. The van der Waals surface area contributed by atoms with Crippen molar-refractivity contribution in [2.45, 2.75) is 32.1 Å². The van der Waals surface area contributed by atoms with Crippen LogP contribution in [-0.2, 0) is 11.3 Å². The fourth-order valence-corrected chi connectivity index (χ4v) is 3.25. The lowest BCUT2D eigenvalue weighted by Crippen LogP contribution is -2.20. The van der Waals surface area contributed by atoms with E-state index >= 15 is 0 Å². The molecule has 3 aromatic rings. The van der Waals surface area contributed by atoms with Crippen LogP contribution in [0.2, 0.25) is 5.02 Å². The molecule has 4 rings (SSSR count). The molecule has 0 bridgehead atoms. The number of nitrogens with two attached hydrogens (primary N) is 1. The van der Waals surface area contributed by atoms with Gasteiger partial charge < -0.3 is 15.2 Å². The van der Waals surface area contributed by atoms with Gasteiger partial charge in [-0.2, -0.15) is 0 Å². The number of aromatic nitrogens is 4. The lowest BCUT2D eigenvalue weighted by atomic mass is 10.0. The Balaban J connectivity index is 1.41. The van der Waals surface area contributed by atoms with E-state index in [2.05, 4.69) is 15.4 Å². The molecule has 9 heteroatoms. The number of nitrogens with zero attached hydrogens (tertiary/aromatic N) is 4. The number of nitrogen functional groups attached to an aromatic ring is 1. The quantitative estimate of drug-likeness (QED) is 0.648. The highest BCUT2D eigenvalue weighted by molar-refractivity contribution is 6.31. The second kappa shape index (κ2) is 8.12. The van der Waals surface area contributed by atoms with Gasteiger partial charge in [-0.05, 0) is 54.3 Å². The van der Waals surface area contributed by atoms with Crippen molar-refractivity contribution < 1.29 is 13.9 Å². The molecule has 2 heterocycles. The summed E-state index contributed by atoms with van der Waals surface area (Å²) in [6, 6.07) is 9.93. The minimum Gasteiger partial charge on any atom is -0.485 e. The van der Waals surface area contributed by atoms with Crippen LogP contribution in [-0.4, -0.2) is 26.8 Å². The number of benzene rings is 2. The van der Waals surface area contributed by atoms with E-state index in [1.807, 2.05) is 0 Å². The number of anilines is 1. The summed E-state index contributed by atoms with van der Waals surface area (Å²) in [6.45, 7) is 0.894. The summed E-state index contributed by atoms with van der Waals surface area (Å²) in [4.78, 5) is 1.50. The Kier molecular flexibility index (Phi) is 5.40. The van der Waals surface area contributed by atoms with Gasteiger partial charge in [0.1, 0.15) is 11.6 Å². The third-order valence-electron chi connectivity index (χ3n) is 4.51. The molecule has 2 aromatic carbocycles. The first-order valence-electron chi connectivity index (χ1n) is 8.98. The number of halogens is 2. The summed E-state index contributed by atoms with van der Waals surface area (Å²) in [5.41, 5.74) is 7.15. The number of ether oxygens (including phenoxy) is 2. The lowest BCUT2D eigenvalue weighted by molar-refractivity contribution is -0.0491. The molecule has 1 saturated heterocycles. The SMILES string of the molecule is Nc1c(F)cc(Cl)cc1-c1ccc(OCc2nnn(C3CCCCO3)n2)cc1. The molecule has 0 aliphatic carbocycles. The van der Waals surface area contributed by atoms with Crippen LogP contribution < -0.4 is 10.5 Å². The first-order valence-corrected chi connectivity index (χ1v) is 9.36. The summed E-state index contributed by atoms with van der Waals surface area (Å²) in [7, 11) is 0. The van der Waals surface area contributed by atoms with Gasteiger partial charge in [0.15, 0.2) is 12.8 Å². The standard InChI is InChI=1S/C19H19ClFN5O2/c20-13-9-15(19(22)16(21)10-13)12-4-6-14(7-5-12)28-11-17-23-25-26(24-17)18-3-1-2-8-27-18/h4-7,9-10,18H,1-3,8,11,22H2. The van der Waals surface area contributed by atoms with Gasteiger partial charge >= 0.3 is 0 Å². The van der Waals surface area contributed by atoms with E-state index in [1.165, 1.54) is 10.9 Å². The maximum Gasteiger partial charge on any atom is 0.212 e. The van der Waals surface area contributed by atoms with E-state index in [1.54, 1.807) is 30.3 Å². The maximum atomic E-state index is 13.8. The van der Waals surface area contributed by atoms with Gasteiger partial charge in [-0.3, -0.25) is 0 Å². The Hall–Kier alpha value is -2.71. The Morgan fingerprint density at radius 3 is 2.82 bits per heavy atom. The predicted octanol–water partition coefficient (Wildman–Crippen LogP) is 3.99. The van der Waals surface area contributed by atoms with Gasteiger partial charge in [0.25, 0.3) is 0 Å². The zero-order valence-corrected chi connectivity index (χ0v) is 15.8. The first-order chi connectivity index (χ1) is 13.6. The molecular formula is C19H19ClFN5O2. The molecule has 1 aliphatic rings. The lowest BCUT2D eigenvalue weighted by Gasteiger charge is -2.20. The Morgan fingerprint density at radius 1 is 1.25 bits per heavy atom. The molecule has 0 saturated carbocycles. The monoisotopic (exact) mass is 403 g/mol. The maximum absolute atomic E-state index is 13.8. The molecule has 1 atom stereocenters. The minimum absolute atomic E-state index is 0.0591. The van der Waals surface area contributed by atoms with Crippen molar-refractivity contribution >= 4 is 17.3 Å². The number of hydrogen-bond acceptors (Lipinski definition) is 6. The second-order valence-corrected chi connectivity index (χ2v) is 6.95. The van der Waals surface area contributed by atoms with Crippen molar-refractivity contribution in [1.82, 2.24) is 20.2 Å². The molecule has 0 amide bonds. The average Bonchev–Trinajstić information content (AvgIpc) is 3.19. The fourth-order valence-electron chi connectivity index (χ4n) is 3.04. The number of rotatable bonds is 5. The van der Waals surface area contributed by atoms with Crippen LogP contribution in [0.15, 0.2) is 36.4 Å². The predicted molar refractivity (Wildman–Crippen MR) is 102 cm³/mol. The van der Waals surface area contributed by atoms with E-state index in [4.69, 9.17) is 26.8 Å². The van der Waals surface area contributed by atoms with Gasteiger partial charge in [-0.25, -0.2) is 4.39 Å². The van der Waals surface area contributed by atoms with Crippen molar-refractivity contribution in [3.63, 3.8) is 0 Å². The van der Waals surface area contributed by atoms with Gasteiger partial charge in [-0.15, -0.1) is 15.0 Å². The van der Waals surface area contributed by atoms with Crippen molar-refractivity contribution in [2.75, 3.05) is 12.3 Å². The van der Waals surface area contributed by atoms with Crippen LogP contribution in [0.3, 0.4) is 0 Å². The molecule has 2 N–H and O–H groups in total. The van der Waals surface area contributed by atoms with Crippen LogP contribution >= 0.6 is 11.6 Å². The summed E-state index contributed by atoms with van der Waals surface area (Å²) in [5, 5.41) is 12.7. The summed E-state index contributed by atoms with van der Waals surface area (Å²) in [5.74, 6) is 0.549. The molecule has 1 aliphatic heterocycles. The van der Waals surface area contributed by atoms with Gasteiger partial charge in [-0.1, -0.05) is 23.7 Å². The molecule has 1 fully saturated rings. The molecule has 7 nitrogen and oxygen atoms in total. The largest absolute Gasteiger partial charge is 0.485 e. The summed E-state index contributed by atoms with van der Waals surface area (Å²) in [6.07, 6.45) is 2.87. The fraction of sp³-hybridized carbons (Fsp3) is 0.316. The normalized spacial score (nSPS) is 16.9. The van der Waals surface area contributed by atoms with Crippen LogP contribution in [0, 0.1) is 5.82 Å². The Labute approximate surface area is 166 Å². The van der Waals surface area contributed by atoms with Gasteiger partial charge in [0.2, 0.25) is 5.82 Å². The van der Waals surface area contributed by atoms with Crippen LogP contribution in [0.5, 0.6) is 5.75 Å². The van der Waals surface area contributed by atoms with Crippen LogP contribution in [0.25, 0.3) is 11.1 Å². The van der Waals surface area contributed by atoms with E-state index in [-0.39, 0.29) is 23.5 Å². The summed E-state index contributed by atoms with van der Waals surface area (Å²) < 4.78 is 25.1. The van der Waals surface area contributed by atoms with Crippen LogP contribution in [0.4, 0.5) is 10.1 Å². The molecule has 0 spiro atoms. The van der Waals surface area contributed by atoms with E-state index in [0.717, 1.165) is 24.8 Å². The number of tetrazole rings is 1. The van der Waals surface area contributed by atoms with E-state index in [9.17, 15) is 4.39 Å². The second-order valence-electron chi connectivity index (χ2n) is 6.51. The molecule has 28 heavy (non-hydrogen) atoms. The molecule has 0 radical (unpaired) electrons. The minimum atomic E-state index is -0.543. The van der Waals surface area contributed by atoms with Gasteiger partial charge in [0.05, 0.1) is 5.69 Å². The molecule has 1 aromatic heterocycles. The summed E-state index contributed by atoms with van der Waals surface area (Å²) >= 11 is 5.93. The third-order valence-corrected chi connectivity index (χ3v) is 4.73. The van der Waals surface area contributed by atoms with E-state index < -0.39 is 5.82 Å². The Morgan fingerprint density at radius 2 is 2.07 bits per heavy atom. The third kappa shape index (κ3) is 4.07. The van der Waals surface area contributed by atoms with Crippen molar-refractivity contribution in [3.05, 3.63) is 53.1 Å². The highest BCUT2D eigenvalue weighted by Gasteiger charge is 2.18. The van der Waals surface area contributed by atoms with Gasteiger partial charge in [0, 0.05) is 17.2 Å².